The van der Waals surface area contributed by atoms with Gasteiger partial charge in [-0.05, 0) is 143 Å². The van der Waals surface area contributed by atoms with Gasteiger partial charge in [0.25, 0.3) is 0 Å². The van der Waals surface area contributed by atoms with Gasteiger partial charge in [0.15, 0.2) is 0 Å². The van der Waals surface area contributed by atoms with Crippen LogP contribution in [0.2, 0.25) is 0 Å². The number of phenolic OH excluding ortho intramolecular Hbond substituents is 3. The molecule has 0 aliphatic heterocycles. The van der Waals surface area contributed by atoms with Crippen molar-refractivity contribution in [3.8, 4) is 86.2 Å². The van der Waals surface area contributed by atoms with E-state index < -0.39 is 0 Å². The molecular formula is C48H30O3. The molecule has 0 saturated heterocycles. The summed E-state index contributed by atoms with van der Waals surface area (Å²) in [5, 5.41) is 29.3. The number of rotatable bonds is 3. The fraction of sp³-hybridized carbons (Fsp3) is 0. The van der Waals surface area contributed by atoms with Gasteiger partial charge >= 0.3 is 0 Å². The van der Waals surface area contributed by atoms with Crippen LogP contribution in [0.1, 0.15) is 33.4 Å². The van der Waals surface area contributed by atoms with E-state index in [0.29, 0.717) is 0 Å². The second kappa shape index (κ2) is 14.8. The maximum atomic E-state index is 9.77. The molecule has 0 unspecified atom stereocenters. The molecule has 0 amide bonds. The molecule has 7 rings (SSSR count). The topological polar surface area (TPSA) is 60.7 Å². The van der Waals surface area contributed by atoms with Crippen molar-refractivity contribution in [2.24, 2.45) is 0 Å². The Morgan fingerprint density at radius 2 is 0.490 bits per heavy atom. The van der Waals surface area contributed by atoms with E-state index in [1.807, 2.05) is 54.6 Å². The molecular weight excluding hydrogens is 625 g/mol. The Morgan fingerprint density at radius 1 is 0.235 bits per heavy atom. The minimum Gasteiger partial charge on any atom is -0.508 e. The van der Waals surface area contributed by atoms with Gasteiger partial charge in [0, 0.05) is 33.4 Å². The Bertz CT molecular complexity index is 2240. The Morgan fingerprint density at radius 3 is 0.745 bits per heavy atom. The third-order valence-electron chi connectivity index (χ3n) is 8.18. The molecule has 0 spiro atoms. The van der Waals surface area contributed by atoms with Gasteiger partial charge in [-0.1, -0.05) is 90.1 Å². The van der Waals surface area contributed by atoms with Crippen LogP contribution in [0.3, 0.4) is 0 Å². The van der Waals surface area contributed by atoms with Crippen LogP contribution in [-0.4, -0.2) is 15.3 Å². The Labute approximate surface area is 297 Å². The molecule has 3 heteroatoms. The summed E-state index contributed by atoms with van der Waals surface area (Å²) in [4.78, 5) is 0. The molecule has 0 atom stereocenters. The number of phenols is 3. The molecule has 0 radical (unpaired) electrons. The summed E-state index contributed by atoms with van der Waals surface area (Å²) in [7, 11) is 0. The number of benzene rings is 7. The molecule has 0 heterocycles. The van der Waals surface area contributed by atoms with Gasteiger partial charge in [-0.2, -0.15) is 0 Å². The molecule has 0 aliphatic rings. The van der Waals surface area contributed by atoms with E-state index in [4.69, 9.17) is 0 Å². The summed E-state index contributed by atoms with van der Waals surface area (Å²) >= 11 is 0. The fourth-order valence-electron chi connectivity index (χ4n) is 5.55. The second-order valence-corrected chi connectivity index (χ2v) is 11.9. The fourth-order valence-corrected chi connectivity index (χ4v) is 5.55. The summed E-state index contributed by atoms with van der Waals surface area (Å²) in [6.07, 6.45) is 0. The summed E-state index contributed by atoms with van der Waals surface area (Å²) < 4.78 is 0. The average Bonchev–Trinajstić information content (AvgIpc) is 3.16. The Balaban J connectivity index is 1.21. The van der Waals surface area contributed by atoms with Crippen LogP contribution in [0.15, 0.2) is 164 Å². The van der Waals surface area contributed by atoms with E-state index in [9.17, 15) is 15.3 Å². The van der Waals surface area contributed by atoms with E-state index in [0.717, 1.165) is 66.8 Å². The van der Waals surface area contributed by atoms with Gasteiger partial charge < -0.3 is 15.3 Å². The Hall–Kier alpha value is -7.38. The van der Waals surface area contributed by atoms with Crippen LogP contribution in [0.5, 0.6) is 17.2 Å². The van der Waals surface area contributed by atoms with Crippen molar-refractivity contribution in [3.05, 3.63) is 197 Å². The van der Waals surface area contributed by atoms with E-state index in [1.165, 1.54) is 0 Å². The first kappa shape index (κ1) is 32.2. The molecule has 0 fully saturated rings. The molecule has 0 aromatic heterocycles. The van der Waals surface area contributed by atoms with E-state index in [-0.39, 0.29) is 17.2 Å². The minimum absolute atomic E-state index is 0.194. The average molecular weight is 655 g/mol. The third kappa shape index (κ3) is 8.38. The molecule has 0 saturated carbocycles. The molecule has 0 bridgehead atoms. The lowest BCUT2D eigenvalue weighted by Crippen LogP contribution is -1.87. The van der Waals surface area contributed by atoms with Crippen molar-refractivity contribution in [3.63, 3.8) is 0 Å². The summed E-state index contributed by atoms with van der Waals surface area (Å²) in [5.41, 5.74) is 11.3. The van der Waals surface area contributed by atoms with Crippen molar-refractivity contribution in [1.29, 1.82) is 0 Å². The van der Waals surface area contributed by atoms with Crippen molar-refractivity contribution in [2.75, 3.05) is 0 Å². The second-order valence-electron chi connectivity index (χ2n) is 11.9. The van der Waals surface area contributed by atoms with E-state index >= 15 is 0 Å². The highest BCUT2D eigenvalue weighted by molar-refractivity contribution is 5.81. The van der Waals surface area contributed by atoms with Crippen molar-refractivity contribution in [1.82, 2.24) is 0 Å². The van der Waals surface area contributed by atoms with Gasteiger partial charge in [0.1, 0.15) is 17.2 Å². The zero-order chi connectivity index (χ0) is 35.0. The number of aromatic hydroxyl groups is 3. The monoisotopic (exact) mass is 654 g/mol. The predicted molar refractivity (Wildman–Crippen MR) is 205 cm³/mol. The highest BCUT2D eigenvalue weighted by atomic mass is 16.3. The van der Waals surface area contributed by atoms with Crippen LogP contribution in [0, 0.1) is 35.5 Å². The maximum absolute atomic E-state index is 9.77. The first-order chi connectivity index (χ1) is 24.9. The summed E-state index contributed by atoms with van der Waals surface area (Å²) in [5.74, 6) is 19.5. The minimum atomic E-state index is 0.194. The smallest absolute Gasteiger partial charge is 0.116 e. The third-order valence-corrected chi connectivity index (χ3v) is 8.18. The molecule has 240 valence electrons. The lowest BCUT2D eigenvalue weighted by molar-refractivity contribution is 0.474. The van der Waals surface area contributed by atoms with Crippen LogP contribution in [0.25, 0.3) is 33.4 Å². The van der Waals surface area contributed by atoms with E-state index in [1.54, 1.807) is 54.6 Å². The zero-order valence-electron chi connectivity index (χ0n) is 27.4. The highest BCUT2D eigenvalue weighted by Gasteiger charge is 2.08. The van der Waals surface area contributed by atoms with Gasteiger partial charge in [-0.15, -0.1) is 0 Å². The van der Waals surface area contributed by atoms with Crippen molar-refractivity contribution in [2.45, 2.75) is 0 Å². The maximum Gasteiger partial charge on any atom is 0.116 e. The van der Waals surface area contributed by atoms with Crippen LogP contribution >= 0.6 is 0 Å². The highest BCUT2D eigenvalue weighted by Crippen LogP contribution is 2.33. The first-order valence-electron chi connectivity index (χ1n) is 16.3. The zero-order valence-corrected chi connectivity index (χ0v) is 27.4. The predicted octanol–water partition coefficient (Wildman–Crippen LogP) is 10.0. The lowest BCUT2D eigenvalue weighted by Gasteiger charge is -2.12. The van der Waals surface area contributed by atoms with Gasteiger partial charge in [0.05, 0.1) is 0 Å². The first-order valence-corrected chi connectivity index (χ1v) is 16.3. The lowest BCUT2D eigenvalue weighted by atomic mass is 9.92. The van der Waals surface area contributed by atoms with E-state index in [2.05, 4.69) is 90.1 Å². The standard InChI is InChI=1S/C48H30O3/c49-46-7-1-4-37(28-46)13-10-34-16-22-40(23-17-34)43-31-44(41-24-18-35(19-25-41)11-14-38-5-2-8-47(50)29-38)33-45(32-43)42-26-20-36(21-27-42)12-15-39-6-3-9-48(51)30-39/h1-9,16-33,49-51H. The normalized spacial score (nSPS) is 10.1. The number of hydrogen-bond acceptors (Lipinski definition) is 3. The van der Waals surface area contributed by atoms with Crippen molar-refractivity contribution >= 4 is 0 Å². The van der Waals surface area contributed by atoms with Crippen LogP contribution < -0.4 is 0 Å². The summed E-state index contributed by atoms with van der Waals surface area (Å²) in [6, 6.07) is 51.9. The van der Waals surface area contributed by atoms with Crippen LogP contribution in [-0.2, 0) is 0 Å². The molecule has 51 heavy (non-hydrogen) atoms. The molecule has 3 N–H and O–H groups in total. The van der Waals surface area contributed by atoms with Gasteiger partial charge in [-0.3, -0.25) is 0 Å². The molecule has 7 aromatic rings. The largest absolute Gasteiger partial charge is 0.508 e. The van der Waals surface area contributed by atoms with Crippen LogP contribution in [0.4, 0.5) is 0 Å². The number of hydrogen-bond donors (Lipinski definition) is 3. The van der Waals surface area contributed by atoms with Gasteiger partial charge in [0.2, 0.25) is 0 Å². The van der Waals surface area contributed by atoms with Crippen molar-refractivity contribution < 1.29 is 15.3 Å². The summed E-state index contributed by atoms with van der Waals surface area (Å²) in [6.45, 7) is 0. The molecule has 7 aromatic carbocycles. The Kier molecular flexibility index (Phi) is 9.34. The van der Waals surface area contributed by atoms with Gasteiger partial charge in [-0.25, -0.2) is 0 Å². The molecule has 0 aliphatic carbocycles. The quantitative estimate of drug-likeness (QED) is 0.166. The molecule has 3 nitrogen and oxygen atoms in total. The SMILES string of the molecule is Oc1cccc(C#Cc2ccc(-c3cc(-c4ccc(C#Cc5cccc(O)c5)cc4)cc(-c4ccc(C#Cc5cccc(O)c5)cc4)c3)cc2)c1.